The van der Waals surface area contributed by atoms with E-state index < -0.39 is 23.0 Å². The van der Waals surface area contributed by atoms with Gasteiger partial charge in [0.05, 0.1) is 22.9 Å². The van der Waals surface area contributed by atoms with Gasteiger partial charge in [-0.05, 0) is 36.8 Å². The molecule has 1 aromatic heterocycles. The number of benzene rings is 2. The summed E-state index contributed by atoms with van der Waals surface area (Å²) < 4.78 is 26.5. The first-order chi connectivity index (χ1) is 14.4. The van der Waals surface area contributed by atoms with Gasteiger partial charge in [-0.15, -0.1) is 11.3 Å². The second-order valence-electron chi connectivity index (χ2n) is 6.05. The van der Waals surface area contributed by atoms with Crippen molar-refractivity contribution in [3.8, 4) is 11.3 Å². The maximum Gasteiger partial charge on any atom is 0.367 e. The number of hydrogen-bond donors (Lipinski definition) is 1. The van der Waals surface area contributed by atoms with Gasteiger partial charge in [0.25, 0.3) is 5.91 Å². The number of carbonyl (C=O) groups excluding carboxylic acids is 2. The number of aromatic nitrogens is 1. The zero-order valence-electron chi connectivity index (χ0n) is 15.7. The van der Waals surface area contributed by atoms with E-state index >= 15 is 0 Å². The Morgan fingerprint density at radius 3 is 2.60 bits per heavy atom. The van der Waals surface area contributed by atoms with E-state index in [2.05, 4.69) is 10.3 Å². The molecule has 0 saturated carbocycles. The Hall–Kier alpha value is -2.59. The summed E-state index contributed by atoms with van der Waals surface area (Å²) in [6, 6.07) is 11.4. The number of amides is 1. The van der Waals surface area contributed by atoms with Gasteiger partial charge in [0.2, 0.25) is 5.01 Å². The van der Waals surface area contributed by atoms with Gasteiger partial charge in [0.15, 0.2) is 0 Å². The van der Waals surface area contributed by atoms with Crippen molar-refractivity contribution in [1.29, 1.82) is 0 Å². The first-order valence-electron chi connectivity index (χ1n) is 8.76. The molecule has 0 radical (unpaired) electrons. The van der Waals surface area contributed by atoms with Crippen LogP contribution in [0.2, 0.25) is 5.02 Å². The molecule has 0 aliphatic rings. The van der Waals surface area contributed by atoms with Crippen LogP contribution >= 0.6 is 22.9 Å². The number of nitrogens with one attached hydrogen (secondary N) is 1. The highest BCUT2D eigenvalue weighted by atomic mass is 35.5. The molecule has 30 heavy (non-hydrogen) atoms. The van der Waals surface area contributed by atoms with Crippen LogP contribution in [0.4, 0.5) is 5.69 Å². The van der Waals surface area contributed by atoms with E-state index in [1.54, 1.807) is 42.6 Å². The second-order valence-corrected chi connectivity index (χ2v) is 8.21. The summed E-state index contributed by atoms with van der Waals surface area (Å²) in [6.07, 6.45) is 0. The maximum atomic E-state index is 12.5. The molecule has 1 heterocycles. The van der Waals surface area contributed by atoms with Gasteiger partial charge in [0.1, 0.15) is 0 Å². The van der Waals surface area contributed by atoms with E-state index in [9.17, 15) is 18.4 Å². The third-order valence-electron chi connectivity index (χ3n) is 3.96. The molecule has 0 aliphatic heterocycles. The average Bonchev–Trinajstić information content (AvgIpc) is 3.18. The molecule has 2 aromatic carbocycles. The SMILES string of the molecule is CCOC(=O)c1nc(-c2ccc(NC(=O)c3ccc(CS(=O)[O-])cc3Cl)cc2)cs1. The van der Waals surface area contributed by atoms with Crippen LogP contribution in [-0.2, 0) is 21.6 Å². The Balaban J connectivity index is 1.69. The van der Waals surface area contributed by atoms with E-state index in [4.69, 9.17) is 16.3 Å². The van der Waals surface area contributed by atoms with Crippen LogP contribution < -0.4 is 5.32 Å². The van der Waals surface area contributed by atoms with Crippen molar-refractivity contribution in [1.82, 2.24) is 4.98 Å². The van der Waals surface area contributed by atoms with E-state index in [1.165, 1.54) is 23.5 Å². The standard InChI is InChI=1S/C20H17ClN2O5S2/c1-2-28-20(25)19-23-17(10-29-19)13-4-6-14(7-5-13)22-18(24)15-8-3-12(9-16(15)21)11-30(26)27/h3-10H,2,11H2,1H3,(H,22,24)(H,26,27)/p-1. The van der Waals surface area contributed by atoms with Crippen molar-refractivity contribution < 1.29 is 23.1 Å². The summed E-state index contributed by atoms with van der Waals surface area (Å²) in [5.41, 5.74) is 2.70. The summed E-state index contributed by atoms with van der Waals surface area (Å²) in [7, 11) is 0. The predicted octanol–water partition coefficient (Wildman–Crippen LogP) is 4.27. The number of anilines is 1. The molecule has 0 spiro atoms. The second kappa shape index (κ2) is 9.94. The molecular weight excluding hydrogens is 448 g/mol. The summed E-state index contributed by atoms with van der Waals surface area (Å²) in [6.45, 7) is 2.02. The Bertz CT molecular complexity index is 1100. The molecule has 3 aromatic rings. The van der Waals surface area contributed by atoms with Crippen LogP contribution in [0.1, 0.15) is 32.6 Å². The van der Waals surface area contributed by atoms with Crippen LogP contribution in [0, 0.1) is 0 Å². The number of carbonyl (C=O) groups is 2. The average molecular weight is 464 g/mol. The molecule has 0 bridgehead atoms. The highest BCUT2D eigenvalue weighted by Gasteiger charge is 2.14. The van der Waals surface area contributed by atoms with Crippen LogP contribution in [0.3, 0.4) is 0 Å². The Labute approximate surface area is 184 Å². The van der Waals surface area contributed by atoms with E-state index in [-0.39, 0.29) is 28.0 Å². The molecule has 1 amide bonds. The Kier molecular flexibility index (Phi) is 7.33. The minimum absolute atomic E-state index is 0.168. The van der Waals surface area contributed by atoms with Gasteiger partial charge in [-0.1, -0.05) is 40.9 Å². The quantitative estimate of drug-likeness (QED) is 0.414. The van der Waals surface area contributed by atoms with Crippen molar-refractivity contribution in [2.75, 3.05) is 11.9 Å². The maximum absolute atomic E-state index is 12.5. The number of halogens is 1. The van der Waals surface area contributed by atoms with Gasteiger partial charge < -0.3 is 14.6 Å². The van der Waals surface area contributed by atoms with Crippen molar-refractivity contribution in [3.05, 3.63) is 69.0 Å². The summed E-state index contributed by atoms with van der Waals surface area (Å²) in [5.74, 6) is -1.04. The molecule has 1 unspecified atom stereocenters. The number of ether oxygens (including phenoxy) is 1. The molecule has 1 atom stereocenters. The molecule has 10 heteroatoms. The molecule has 0 saturated heterocycles. The first kappa shape index (κ1) is 22.1. The van der Waals surface area contributed by atoms with Gasteiger partial charge >= 0.3 is 5.97 Å². The van der Waals surface area contributed by atoms with Crippen LogP contribution in [0.25, 0.3) is 11.3 Å². The third kappa shape index (κ3) is 5.51. The molecule has 0 fully saturated rings. The van der Waals surface area contributed by atoms with Gasteiger partial charge in [0, 0.05) is 22.4 Å². The lowest BCUT2D eigenvalue weighted by Gasteiger charge is -2.10. The minimum Gasteiger partial charge on any atom is -0.772 e. The van der Waals surface area contributed by atoms with E-state index in [0.717, 1.165) is 5.56 Å². The lowest BCUT2D eigenvalue weighted by Crippen LogP contribution is -2.12. The fourth-order valence-corrected chi connectivity index (χ4v) is 4.04. The lowest BCUT2D eigenvalue weighted by atomic mass is 10.1. The first-order valence-corrected chi connectivity index (χ1v) is 11.3. The topological polar surface area (TPSA) is 108 Å². The lowest BCUT2D eigenvalue weighted by molar-refractivity contribution is 0.0526. The summed E-state index contributed by atoms with van der Waals surface area (Å²) >= 11 is 5.09. The van der Waals surface area contributed by atoms with Crippen molar-refractivity contribution in [2.45, 2.75) is 12.7 Å². The highest BCUT2D eigenvalue weighted by molar-refractivity contribution is 7.78. The normalized spacial score (nSPS) is 11.7. The van der Waals surface area contributed by atoms with Gasteiger partial charge in [-0.2, -0.15) is 0 Å². The van der Waals surface area contributed by atoms with Crippen LogP contribution in [-0.4, -0.2) is 32.2 Å². The summed E-state index contributed by atoms with van der Waals surface area (Å²) in [5, 5.41) is 4.95. The molecule has 0 aliphatic carbocycles. The molecule has 156 valence electrons. The molecular formula is C20H16ClN2O5S2-. The predicted molar refractivity (Wildman–Crippen MR) is 116 cm³/mol. The number of hydrogen-bond acceptors (Lipinski definition) is 7. The van der Waals surface area contributed by atoms with E-state index in [0.29, 0.717) is 16.9 Å². The van der Waals surface area contributed by atoms with E-state index in [1.807, 2.05) is 0 Å². The Morgan fingerprint density at radius 2 is 1.97 bits per heavy atom. The monoisotopic (exact) mass is 463 g/mol. The number of thiazole rings is 1. The van der Waals surface area contributed by atoms with Gasteiger partial charge in [-0.25, -0.2) is 9.78 Å². The number of esters is 1. The smallest absolute Gasteiger partial charge is 0.367 e. The third-order valence-corrected chi connectivity index (χ3v) is 5.66. The summed E-state index contributed by atoms with van der Waals surface area (Å²) in [4.78, 5) is 28.5. The minimum atomic E-state index is -2.23. The van der Waals surface area contributed by atoms with Crippen LogP contribution in [0.15, 0.2) is 47.8 Å². The molecule has 3 rings (SSSR count). The molecule has 7 nitrogen and oxygen atoms in total. The van der Waals surface area contributed by atoms with Crippen LogP contribution in [0.5, 0.6) is 0 Å². The van der Waals surface area contributed by atoms with Crippen molar-refractivity contribution >= 4 is 51.6 Å². The zero-order valence-corrected chi connectivity index (χ0v) is 18.1. The zero-order chi connectivity index (χ0) is 21.7. The highest BCUT2D eigenvalue weighted by Crippen LogP contribution is 2.25. The largest absolute Gasteiger partial charge is 0.772 e. The number of rotatable bonds is 7. The Morgan fingerprint density at radius 1 is 1.23 bits per heavy atom. The molecule has 1 N–H and O–H groups in total. The van der Waals surface area contributed by atoms with Crippen molar-refractivity contribution in [2.24, 2.45) is 0 Å². The fourth-order valence-electron chi connectivity index (χ4n) is 2.58. The number of nitrogens with zero attached hydrogens (tertiary/aromatic N) is 1. The van der Waals surface area contributed by atoms with Gasteiger partial charge in [-0.3, -0.25) is 9.00 Å². The van der Waals surface area contributed by atoms with Crippen molar-refractivity contribution in [3.63, 3.8) is 0 Å². The fraction of sp³-hybridized carbons (Fsp3) is 0.150.